The number of rotatable bonds is 7. The molecule has 4 nitrogen and oxygen atoms in total. The van der Waals surface area contributed by atoms with Crippen LogP contribution in [-0.4, -0.2) is 33.1 Å². The molecular weight excluding hydrogens is 474 g/mol. The van der Waals surface area contributed by atoms with E-state index >= 15 is 0 Å². The van der Waals surface area contributed by atoms with E-state index in [0.717, 1.165) is 16.7 Å². The largest absolute Gasteiger partial charge is 0.467 e. The number of esters is 1. The lowest BCUT2D eigenvalue weighted by Gasteiger charge is -2.35. The fourth-order valence-electron chi connectivity index (χ4n) is 4.12. The molecule has 1 N–H and O–H groups in total. The third-order valence-electron chi connectivity index (χ3n) is 7.33. The molecule has 0 aliphatic heterocycles. The molecule has 3 aromatic carbocycles. The lowest BCUT2D eigenvalue weighted by atomic mass is 9.68. The predicted octanol–water partition coefficient (Wildman–Crippen LogP) is 6.12. The zero-order valence-electron chi connectivity index (χ0n) is 22.7. The molecular formula is C32H37NO3Si. The Morgan fingerprint density at radius 1 is 0.811 bits per heavy atom. The first-order chi connectivity index (χ1) is 17.5. The normalized spacial score (nSPS) is 12.6. The summed E-state index contributed by atoms with van der Waals surface area (Å²) in [7, 11) is -0.542. The fraction of sp³-hybridized carbons (Fsp3) is 0.312. The van der Waals surface area contributed by atoms with E-state index in [0.29, 0.717) is 0 Å². The van der Waals surface area contributed by atoms with Gasteiger partial charge >= 0.3 is 5.97 Å². The van der Waals surface area contributed by atoms with Crippen molar-refractivity contribution in [3.8, 4) is 11.5 Å². The molecule has 192 valence electrons. The highest BCUT2D eigenvalue weighted by Crippen LogP contribution is 2.40. The zero-order valence-corrected chi connectivity index (χ0v) is 23.7. The van der Waals surface area contributed by atoms with Gasteiger partial charge in [0, 0.05) is 6.42 Å². The molecule has 1 atom stereocenters. The van der Waals surface area contributed by atoms with E-state index < -0.39 is 25.5 Å². The highest BCUT2D eigenvalue weighted by atomic mass is 28.3. The summed E-state index contributed by atoms with van der Waals surface area (Å²) < 4.78 is 5.08. The van der Waals surface area contributed by atoms with Crippen LogP contribution in [0.3, 0.4) is 0 Å². The molecule has 0 heterocycles. The number of ether oxygens (including phenoxy) is 1. The number of carbonyl (C=O) groups excluding carboxylic acids is 2. The Hall–Kier alpha value is -3.62. The van der Waals surface area contributed by atoms with E-state index in [-0.39, 0.29) is 17.4 Å². The van der Waals surface area contributed by atoms with Crippen molar-refractivity contribution in [3.63, 3.8) is 0 Å². The first kappa shape index (κ1) is 28.0. The van der Waals surface area contributed by atoms with Crippen LogP contribution in [0, 0.1) is 11.5 Å². The van der Waals surface area contributed by atoms with Crippen LogP contribution in [0.1, 0.15) is 43.9 Å². The Balaban J connectivity index is 2.12. The summed E-state index contributed by atoms with van der Waals surface area (Å²) >= 11 is 0. The number of benzene rings is 3. The van der Waals surface area contributed by atoms with Crippen molar-refractivity contribution < 1.29 is 14.3 Å². The number of carbonyl (C=O) groups is 2. The molecule has 0 radical (unpaired) electrons. The average molecular weight is 512 g/mol. The topological polar surface area (TPSA) is 55.4 Å². The summed E-state index contributed by atoms with van der Waals surface area (Å²) in [5, 5.41) is 3.12. The first-order valence-electron chi connectivity index (χ1n) is 12.6. The van der Waals surface area contributed by atoms with Gasteiger partial charge in [-0.15, -0.1) is 11.5 Å². The number of amides is 1. The van der Waals surface area contributed by atoms with Gasteiger partial charge in [0.25, 0.3) is 0 Å². The van der Waals surface area contributed by atoms with E-state index in [4.69, 9.17) is 4.74 Å². The quantitative estimate of drug-likeness (QED) is 0.180. The molecule has 0 bridgehead atoms. The van der Waals surface area contributed by atoms with Gasteiger partial charge in [-0.3, -0.25) is 4.79 Å². The first-order valence-corrected chi connectivity index (χ1v) is 15.6. The highest BCUT2D eigenvalue weighted by molar-refractivity contribution is 6.87. The molecule has 0 spiro atoms. The van der Waals surface area contributed by atoms with Crippen molar-refractivity contribution in [2.75, 3.05) is 7.11 Å². The summed E-state index contributed by atoms with van der Waals surface area (Å²) in [6.45, 7) is 11.0. The van der Waals surface area contributed by atoms with Gasteiger partial charge < -0.3 is 10.1 Å². The van der Waals surface area contributed by atoms with Crippen LogP contribution in [0.25, 0.3) is 0 Å². The van der Waals surface area contributed by atoms with Crippen molar-refractivity contribution in [3.05, 3.63) is 108 Å². The second-order valence-corrected chi connectivity index (χ2v) is 15.8. The molecule has 0 aliphatic carbocycles. The minimum atomic E-state index is -1.88. The number of hydrogen-bond donors (Lipinski definition) is 1. The van der Waals surface area contributed by atoms with Crippen molar-refractivity contribution in [1.82, 2.24) is 5.32 Å². The summed E-state index contributed by atoms with van der Waals surface area (Å²) in [5.41, 5.74) is 4.69. The predicted molar refractivity (Wildman–Crippen MR) is 153 cm³/mol. The Morgan fingerprint density at radius 2 is 1.22 bits per heavy atom. The SMILES string of the molecule is COC(=O)[C@@H](CC#C[Si](C)(C)C(C)(C)C)NC(=O)C(c1ccccc1)(c1ccccc1)c1ccccc1. The Labute approximate surface area is 222 Å². The van der Waals surface area contributed by atoms with Gasteiger partial charge in [-0.25, -0.2) is 4.79 Å². The van der Waals surface area contributed by atoms with E-state index in [9.17, 15) is 9.59 Å². The summed E-state index contributed by atoms with van der Waals surface area (Å²) in [6, 6.07) is 28.1. The number of methoxy groups -OCH3 is 1. The van der Waals surface area contributed by atoms with Gasteiger partial charge in [0.15, 0.2) is 0 Å². The lowest BCUT2D eigenvalue weighted by molar-refractivity contribution is -0.145. The highest BCUT2D eigenvalue weighted by Gasteiger charge is 2.45. The van der Waals surface area contributed by atoms with Crippen molar-refractivity contribution in [2.24, 2.45) is 0 Å². The monoisotopic (exact) mass is 511 g/mol. The van der Waals surface area contributed by atoms with E-state index in [1.807, 2.05) is 91.0 Å². The smallest absolute Gasteiger partial charge is 0.329 e. The van der Waals surface area contributed by atoms with Gasteiger partial charge in [-0.1, -0.05) is 125 Å². The van der Waals surface area contributed by atoms with E-state index in [1.165, 1.54) is 7.11 Å². The molecule has 37 heavy (non-hydrogen) atoms. The lowest BCUT2D eigenvalue weighted by Crippen LogP contribution is -2.52. The number of nitrogens with one attached hydrogen (secondary N) is 1. The van der Waals surface area contributed by atoms with Crippen LogP contribution in [0.5, 0.6) is 0 Å². The van der Waals surface area contributed by atoms with Gasteiger partial charge in [0.2, 0.25) is 5.91 Å². The van der Waals surface area contributed by atoms with Gasteiger partial charge in [0.1, 0.15) is 19.5 Å². The van der Waals surface area contributed by atoms with Gasteiger partial charge in [-0.2, -0.15) is 0 Å². The Kier molecular flexibility index (Phi) is 8.78. The van der Waals surface area contributed by atoms with Crippen molar-refractivity contribution in [2.45, 2.75) is 56.8 Å². The number of hydrogen-bond acceptors (Lipinski definition) is 3. The second kappa shape index (κ2) is 11.6. The molecule has 5 heteroatoms. The minimum Gasteiger partial charge on any atom is -0.467 e. The fourth-order valence-corrected chi connectivity index (χ4v) is 5.04. The minimum absolute atomic E-state index is 0.0904. The molecule has 3 aromatic rings. The maximum absolute atomic E-state index is 14.5. The van der Waals surface area contributed by atoms with Crippen LogP contribution < -0.4 is 5.32 Å². The van der Waals surface area contributed by atoms with Crippen LogP contribution in [0.15, 0.2) is 91.0 Å². The molecule has 1 amide bonds. The zero-order chi connectivity index (χ0) is 27.1. The molecule has 0 saturated heterocycles. The summed E-state index contributed by atoms with van der Waals surface area (Å²) in [6.07, 6.45) is 0.180. The molecule has 0 fully saturated rings. The van der Waals surface area contributed by atoms with Crippen LogP contribution >= 0.6 is 0 Å². The van der Waals surface area contributed by atoms with Gasteiger partial charge in [0.05, 0.1) is 7.11 Å². The maximum atomic E-state index is 14.5. The molecule has 0 unspecified atom stereocenters. The van der Waals surface area contributed by atoms with E-state index in [1.54, 1.807) is 0 Å². The summed E-state index contributed by atoms with van der Waals surface area (Å²) in [4.78, 5) is 27.3. The maximum Gasteiger partial charge on any atom is 0.329 e. The molecule has 3 rings (SSSR count). The van der Waals surface area contributed by atoms with Gasteiger partial charge in [-0.05, 0) is 21.7 Å². The molecule has 0 aliphatic rings. The Bertz CT molecular complexity index is 1160. The van der Waals surface area contributed by atoms with E-state index in [2.05, 4.69) is 50.6 Å². The van der Waals surface area contributed by atoms with Crippen molar-refractivity contribution >= 4 is 20.0 Å². The standard InChI is InChI=1S/C32H37NO3Si/c1-31(2,3)37(5,6)24-16-23-28(29(34)36-4)33-30(35)32(25-17-10-7-11-18-25,26-19-12-8-13-20-26)27-21-14-9-15-22-27/h7-15,17-22,28H,23H2,1-6H3,(H,33,35)/t28-/m1/s1. The molecule has 0 saturated carbocycles. The van der Waals surface area contributed by atoms with Crippen molar-refractivity contribution in [1.29, 1.82) is 0 Å². The molecule has 0 aromatic heterocycles. The van der Waals surface area contributed by atoms with Crippen LogP contribution in [-0.2, 0) is 19.7 Å². The van der Waals surface area contributed by atoms with Crippen LogP contribution in [0.2, 0.25) is 18.1 Å². The average Bonchev–Trinajstić information content (AvgIpc) is 2.89. The Morgan fingerprint density at radius 3 is 1.57 bits per heavy atom. The third kappa shape index (κ3) is 6.03. The summed E-state index contributed by atoms with van der Waals surface area (Å²) in [5.74, 6) is 2.40. The third-order valence-corrected chi connectivity index (χ3v) is 11.9. The van der Waals surface area contributed by atoms with Crippen LogP contribution in [0.4, 0.5) is 0 Å². The second-order valence-electron chi connectivity index (χ2n) is 10.8.